The summed E-state index contributed by atoms with van der Waals surface area (Å²) >= 11 is 0. The minimum absolute atomic E-state index is 0.0141. The second-order valence-electron chi connectivity index (χ2n) is 9.06. The highest BCUT2D eigenvalue weighted by atomic mass is 16.6. The van der Waals surface area contributed by atoms with Gasteiger partial charge in [0.15, 0.2) is 11.4 Å². The number of ether oxygens (including phenoxy) is 2. The molecule has 7 rings (SSSR count). The Morgan fingerprint density at radius 1 is 0.871 bits per heavy atom. The second kappa shape index (κ2) is 5.64. The van der Waals surface area contributed by atoms with Crippen LogP contribution in [0.4, 0.5) is 0 Å². The lowest BCUT2D eigenvalue weighted by molar-refractivity contribution is -0.200. The van der Waals surface area contributed by atoms with Gasteiger partial charge in [-0.25, -0.2) is 0 Å². The van der Waals surface area contributed by atoms with E-state index in [1.54, 1.807) is 13.2 Å². The van der Waals surface area contributed by atoms with Crippen molar-refractivity contribution in [2.45, 2.75) is 30.8 Å². The summed E-state index contributed by atoms with van der Waals surface area (Å²) < 4.78 is 11.8. The van der Waals surface area contributed by atoms with Crippen molar-refractivity contribution in [2.24, 2.45) is 5.41 Å². The average molecular weight is 410 g/mol. The van der Waals surface area contributed by atoms with Crippen LogP contribution in [0.15, 0.2) is 72.8 Å². The molecule has 0 aromatic heterocycles. The van der Waals surface area contributed by atoms with E-state index < -0.39 is 22.3 Å². The topological polar surface area (TPSA) is 52.6 Å². The van der Waals surface area contributed by atoms with Crippen LogP contribution < -0.4 is 4.74 Å². The summed E-state index contributed by atoms with van der Waals surface area (Å²) in [5, 5.41) is 0. The molecular weight excluding hydrogens is 388 g/mol. The van der Waals surface area contributed by atoms with Gasteiger partial charge in [-0.15, -0.1) is 0 Å². The van der Waals surface area contributed by atoms with Crippen molar-refractivity contribution < 1.29 is 19.1 Å². The van der Waals surface area contributed by atoms with Crippen LogP contribution in [0.2, 0.25) is 0 Å². The molecule has 0 saturated carbocycles. The highest BCUT2D eigenvalue weighted by Crippen LogP contribution is 2.74. The third kappa shape index (κ3) is 1.76. The van der Waals surface area contributed by atoms with Crippen molar-refractivity contribution in [3.63, 3.8) is 0 Å². The normalized spacial score (nSPS) is 32.2. The number of hydrogen-bond donors (Lipinski definition) is 0. The summed E-state index contributed by atoms with van der Waals surface area (Å²) in [5.74, 6) is -0.222. The van der Waals surface area contributed by atoms with Crippen LogP contribution >= 0.6 is 0 Å². The standard InChI is InChI=1S/C27H22O4/c1-25-20-14-13-17(30-3)15-19(20)23(28)26(25,2)27(16-9-5-4-6-10-16)21-12-8-7-11-18(21)22(25)24(29)31-27/h4-15,22H,1-3H3/t22-,25-,26-,27-/m0/s1. The first-order valence-electron chi connectivity index (χ1n) is 10.5. The van der Waals surface area contributed by atoms with Gasteiger partial charge >= 0.3 is 5.97 Å². The Morgan fingerprint density at radius 2 is 1.58 bits per heavy atom. The predicted octanol–water partition coefficient (Wildman–Crippen LogP) is 4.75. The Hall–Kier alpha value is -3.40. The third-order valence-electron chi connectivity index (χ3n) is 8.13. The number of hydrogen-bond acceptors (Lipinski definition) is 4. The van der Waals surface area contributed by atoms with E-state index in [9.17, 15) is 9.59 Å². The molecule has 4 aliphatic rings. The first-order chi connectivity index (χ1) is 14.9. The molecule has 4 atom stereocenters. The Morgan fingerprint density at radius 3 is 2.32 bits per heavy atom. The van der Waals surface area contributed by atoms with Crippen LogP contribution in [0.5, 0.6) is 5.75 Å². The molecule has 0 unspecified atom stereocenters. The van der Waals surface area contributed by atoms with Gasteiger partial charge in [-0.3, -0.25) is 9.59 Å². The van der Waals surface area contributed by atoms with Gasteiger partial charge in [0.2, 0.25) is 0 Å². The molecule has 0 spiro atoms. The Balaban J connectivity index is 1.79. The highest BCUT2D eigenvalue weighted by Gasteiger charge is 2.79. The van der Waals surface area contributed by atoms with E-state index in [4.69, 9.17) is 9.47 Å². The molecule has 3 aromatic carbocycles. The molecule has 2 bridgehead atoms. The first-order valence-corrected chi connectivity index (χ1v) is 10.5. The number of fused-ring (bicyclic) bond motifs is 2. The molecule has 0 N–H and O–H groups in total. The lowest BCUT2D eigenvalue weighted by atomic mass is 9.43. The zero-order valence-corrected chi connectivity index (χ0v) is 17.6. The molecular formula is C27H22O4. The summed E-state index contributed by atoms with van der Waals surface area (Å²) in [6.45, 7) is 4.03. The van der Waals surface area contributed by atoms with Gasteiger partial charge in [-0.05, 0) is 30.2 Å². The molecule has 31 heavy (non-hydrogen) atoms. The number of carbonyl (C=O) groups excluding carboxylic acids is 2. The zero-order chi connectivity index (χ0) is 21.6. The van der Waals surface area contributed by atoms with E-state index >= 15 is 0 Å². The van der Waals surface area contributed by atoms with Crippen LogP contribution in [0.25, 0.3) is 0 Å². The smallest absolute Gasteiger partial charge is 0.315 e. The van der Waals surface area contributed by atoms with E-state index in [2.05, 4.69) is 6.92 Å². The van der Waals surface area contributed by atoms with Crippen LogP contribution in [-0.2, 0) is 20.5 Å². The van der Waals surface area contributed by atoms with Crippen molar-refractivity contribution in [3.05, 3.63) is 101 Å². The van der Waals surface area contributed by atoms with Gasteiger partial charge < -0.3 is 9.47 Å². The molecule has 1 saturated heterocycles. The quantitative estimate of drug-likeness (QED) is 0.572. The van der Waals surface area contributed by atoms with E-state index in [0.717, 1.165) is 22.3 Å². The monoisotopic (exact) mass is 410 g/mol. The fourth-order valence-electron chi connectivity index (χ4n) is 6.59. The Labute approximate surface area is 180 Å². The minimum Gasteiger partial charge on any atom is -0.497 e. The van der Waals surface area contributed by atoms with Crippen molar-refractivity contribution >= 4 is 11.8 Å². The van der Waals surface area contributed by atoms with Crippen molar-refractivity contribution in [3.8, 4) is 5.75 Å². The lowest BCUT2D eigenvalue weighted by Crippen LogP contribution is -2.69. The molecule has 4 heteroatoms. The summed E-state index contributed by atoms with van der Waals surface area (Å²) in [5.41, 5.74) is 1.18. The Bertz CT molecular complexity index is 1280. The third-order valence-corrected chi connectivity index (χ3v) is 8.13. The van der Waals surface area contributed by atoms with Gasteiger partial charge in [0, 0.05) is 22.1 Å². The van der Waals surface area contributed by atoms with E-state index in [0.29, 0.717) is 11.3 Å². The van der Waals surface area contributed by atoms with Crippen LogP contribution in [0.1, 0.15) is 52.4 Å². The van der Waals surface area contributed by atoms with Gasteiger partial charge in [0.25, 0.3) is 0 Å². The lowest BCUT2D eigenvalue weighted by Gasteiger charge is -2.63. The average Bonchev–Trinajstić information content (AvgIpc) is 2.99. The number of methoxy groups -OCH3 is 1. The van der Waals surface area contributed by atoms with Gasteiger partial charge in [-0.2, -0.15) is 0 Å². The van der Waals surface area contributed by atoms with Gasteiger partial charge in [-0.1, -0.05) is 67.6 Å². The fourth-order valence-corrected chi connectivity index (χ4v) is 6.59. The van der Waals surface area contributed by atoms with Crippen LogP contribution in [0.3, 0.4) is 0 Å². The summed E-state index contributed by atoms with van der Waals surface area (Å²) in [6.07, 6.45) is 0. The fraction of sp³-hybridized carbons (Fsp3) is 0.259. The summed E-state index contributed by atoms with van der Waals surface area (Å²) in [7, 11) is 1.59. The molecule has 3 aromatic rings. The highest BCUT2D eigenvalue weighted by molar-refractivity contribution is 6.11. The number of carbonyl (C=O) groups is 2. The first kappa shape index (κ1) is 18.4. The summed E-state index contributed by atoms with van der Waals surface area (Å²) in [6, 6.07) is 23.3. The number of rotatable bonds is 2. The molecule has 0 amide bonds. The largest absolute Gasteiger partial charge is 0.497 e. The van der Waals surface area contributed by atoms with Crippen molar-refractivity contribution in [1.29, 1.82) is 0 Å². The van der Waals surface area contributed by atoms with Crippen LogP contribution in [0, 0.1) is 5.41 Å². The zero-order valence-electron chi connectivity index (χ0n) is 17.6. The number of ketones is 1. The predicted molar refractivity (Wildman–Crippen MR) is 115 cm³/mol. The maximum absolute atomic E-state index is 14.3. The number of benzene rings is 3. The molecule has 1 fully saturated rings. The van der Waals surface area contributed by atoms with Crippen molar-refractivity contribution in [2.75, 3.05) is 7.11 Å². The van der Waals surface area contributed by atoms with Gasteiger partial charge in [0.1, 0.15) is 5.75 Å². The maximum atomic E-state index is 14.3. The van der Waals surface area contributed by atoms with Crippen LogP contribution in [-0.4, -0.2) is 18.9 Å². The van der Waals surface area contributed by atoms with E-state index in [-0.39, 0.29) is 11.8 Å². The Kier molecular flexibility index (Phi) is 3.34. The molecule has 2 heterocycles. The molecule has 154 valence electrons. The second-order valence-corrected chi connectivity index (χ2v) is 9.06. The SMILES string of the molecule is COc1ccc2c(c1)C(=O)[C@]1(C)[C@@]3(c4ccccc4)OC(=O)[C@H](c4ccccc43)[C@]21C. The van der Waals surface area contributed by atoms with Gasteiger partial charge in [0.05, 0.1) is 18.4 Å². The number of esters is 1. The summed E-state index contributed by atoms with van der Waals surface area (Å²) in [4.78, 5) is 27.8. The molecule has 4 nitrogen and oxygen atoms in total. The molecule has 0 radical (unpaired) electrons. The number of Topliss-reactive ketones (excluding diaryl/α,β-unsaturated/α-hetero) is 1. The molecule has 2 aliphatic heterocycles. The minimum atomic E-state index is -1.21. The maximum Gasteiger partial charge on any atom is 0.315 e. The van der Waals surface area contributed by atoms with E-state index in [1.807, 2.05) is 73.7 Å². The molecule has 2 aliphatic carbocycles. The van der Waals surface area contributed by atoms with Crippen molar-refractivity contribution in [1.82, 2.24) is 0 Å². The van der Waals surface area contributed by atoms with E-state index in [1.165, 1.54) is 0 Å².